The van der Waals surface area contributed by atoms with Gasteiger partial charge < -0.3 is 5.32 Å². The van der Waals surface area contributed by atoms with Gasteiger partial charge >= 0.3 is 0 Å². The summed E-state index contributed by atoms with van der Waals surface area (Å²) >= 11 is 9.07. The van der Waals surface area contributed by atoms with Crippen molar-refractivity contribution >= 4 is 39.3 Å². The molecule has 0 aliphatic heterocycles. The van der Waals surface area contributed by atoms with Gasteiger partial charge in [0, 0.05) is 16.1 Å². The van der Waals surface area contributed by atoms with Gasteiger partial charge in [0.2, 0.25) is 0 Å². The van der Waals surface area contributed by atoms with Gasteiger partial charge in [0.05, 0.1) is 0 Å². The molecule has 0 unspecified atom stereocenters. The molecule has 0 aliphatic carbocycles. The molecule has 1 amide bonds. The molecule has 4 nitrogen and oxygen atoms in total. The Balaban J connectivity index is 2.22. The van der Waals surface area contributed by atoms with Crippen LogP contribution in [-0.4, -0.2) is 15.9 Å². The smallest absolute Gasteiger partial charge is 0.257 e. The standard InChI is InChI=1S/C12H9BrClN3O/c1-7-4-8(13)2-3-9(7)12(18)17-11-5-10(14)15-6-16-11/h2-6H,1H3,(H,15,16,17,18). The third-order valence-electron chi connectivity index (χ3n) is 2.31. The normalized spacial score (nSPS) is 10.2. The maximum atomic E-state index is 12.0. The lowest BCUT2D eigenvalue weighted by Crippen LogP contribution is -2.14. The Labute approximate surface area is 118 Å². The van der Waals surface area contributed by atoms with Gasteiger partial charge in [0.1, 0.15) is 17.3 Å². The van der Waals surface area contributed by atoms with Crippen LogP contribution in [0.5, 0.6) is 0 Å². The second-order valence-corrected chi connectivity index (χ2v) is 4.94. The summed E-state index contributed by atoms with van der Waals surface area (Å²) in [5.74, 6) is 0.150. The van der Waals surface area contributed by atoms with Crippen molar-refractivity contribution in [3.8, 4) is 0 Å². The zero-order valence-electron chi connectivity index (χ0n) is 9.45. The minimum atomic E-state index is -0.227. The van der Waals surface area contributed by atoms with E-state index < -0.39 is 0 Å². The summed E-state index contributed by atoms with van der Waals surface area (Å²) in [6, 6.07) is 6.93. The third kappa shape index (κ3) is 3.05. The van der Waals surface area contributed by atoms with E-state index in [1.165, 1.54) is 12.4 Å². The molecule has 2 aromatic rings. The van der Waals surface area contributed by atoms with E-state index in [1.54, 1.807) is 6.07 Å². The van der Waals surface area contributed by atoms with E-state index in [2.05, 4.69) is 31.2 Å². The fraction of sp³-hybridized carbons (Fsp3) is 0.0833. The number of halogens is 2. The van der Waals surface area contributed by atoms with Gasteiger partial charge in [-0.2, -0.15) is 0 Å². The van der Waals surface area contributed by atoms with Crippen LogP contribution in [0, 0.1) is 6.92 Å². The second-order valence-electron chi connectivity index (χ2n) is 3.64. The van der Waals surface area contributed by atoms with Gasteiger partial charge in [-0.3, -0.25) is 4.79 Å². The van der Waals surface area contributed by atoms with Gasteiger partial charge in [-0.1, -0.05) is 27.5 Å². The van der Waals surface area contributed by atoms with Crippen molar-refractivity contribution in [2.75, 3.05) is 5.32 Å². The van der Waals surface area contributed by atoms with Crippen molar-refractivity contribution in [3.63, 3.8) is 0 Å². The first-order valence-corrected chi connectivity index (χ1v) is 6.28. The first kappa shape index (κ1) is 13.0. The Hall–Kier alpha value is -1.46. The number of carbonyl (C=O) groups is 1. The van der Waals surface area contributed by atoms with Crippen LogP contribution in [0.1, 0.15) is 15.9 Å². The maximum absolute atomic E-state index is 12.0. The van der Waals surface area contributed by atoms with Crippen molar-refractivity contribution in [1.82, 2.24) is 9.97 Å². The molecule has 0 bridgehead atoms. The molecule has 0 spiro atoms. The third-order valence-corrected chi connectivity index (χ3v) is 3.01. The van der Waals surface area contributed by atoms with Crippen LogP contribution in [0.3, 0.4) is 0 Å². The Kier molecular flexibility index (Phi) is 3.93. The van der Waals surface area contributed by atoms with Crippen LogP contribution in [0.25, 0.3) is 0 Å². The van der Waals surface area contributed by atoms with Crippen LogP contribution in [0.15, 0.2) is 35.1 Å². The molecule has 0 aliphatic rings. The van der Waals surface area contributed by atoms with E-state index in [9.17, 15) is 4.79 Å². The average Bonchev–Trinajstić information content (AvgIpc) is 2.28. The highest BCUT2D eigenvalue weighted by Crippen LogP contribution is 2.17. The Morgan fingerprint density at radius 2 is 2.11 bits per heavy atom. The molecule has 6 heteroatoms. The summed E-state index contributed by atoms with van der Waals surface area (Å²) in [5.41, 5.74) is 1.47. The van der Waals surface area contributed by atoms with Gasteiger partial charge in [-0.15, -0.1) is 0 Å². The number of carbonyl (C=O) groups excluding carboxylic acids is 1. The zero-order valence-corrected chi connectivity index (χ0v) is 11.8. The molecule has 0 atom stereocenters. The molecule has 1 aromatic carbocycles. The molecule has 92 valence electrons. The van der Waals surface area contributed by atoms with E-state index in [0.29, 0.717) is 11.4 Å². The summed E-state index contributed by atoms with van der Waals surface area (Å²) in [6.45, 7) is 1.87. The number of aryl methyl sites for hydroxylation is 1. The van der Waals surface area contributed by atoms with E-state index in [1.807, 2.05) is 19.1 Å². The van der Waals surface area contributed by atoms with Gasteiger partial charge in [0.15, 0.2) is 0 Å². The summed E-state index contributed by atoms with van der Waals surface area (Å²) in [4.78, 5) is 19.7. The van der Waals surface area contributed by atoms with Gasteiger partial charge in [-0.25, -0.2) is 9.97 Å². The van der Waals surface area contributed by atoms with Crippen molar-refractivity contribution in [2.24, 2.45) is 0 Å². The Morgan fingerprint density at radius 3 is 2.78 bits per heavy atom. The van der Waals surface area contributed by atoms with Crippen molar-refractivity contribution in [2.45, 2.75) is 6.92 Å². The molecule has 0 saturated heterocycles. The number of hydrogen-bond acceptors (Lipinski definition) is 3. The van der Waals surface area contributed by atoms with Crippen LogP contribution < -0.4 is 5.32 Å². The monoisotopic (exact) mass is 325 g/mol. The highest BCUT2D eigenvalue weighted by molar-refractivity contribution is 9.10. The number of nitrogens with zero attached hydrogens (tertiary/aromatic N) is 2. The van der Waals surface area contributed by atoms with Crippen LogP contribution in [-0.2, 0) is 0 Å². The minimum absolute atomic E-state index is 0.227. The fourth-order valence-corrected chi connectivity index (χ4v) is 2.09. The lowest BCUT2D eigenvalue weighted by atomic mass is 10.1. The van der Waals surface area contributed by atoms with Crippen LogP contribution in [0.4, 0.5) is 5.82 Å². The van der Waals surface area contributed by atoms with Crippen LogP contribution in [0.2, 0.25) is 5.15 Å². The lowest BCUT2D eigenvalue weighted by Gasteiger charge is -2.07. The number of rotatable bonds is 2. The van der Waals surface area contributed by atoms with Crippen LogP contribution >= 0.6 is 27.5 Å². The molecular weight excluding hydrogens is 318 g/mol. The summed E-state index contributed by atoms with van der Waals surface area (Å²) in [5, 5.41) is 2.95. The largest absolute Gasteiger partial charge is 0.306 e. The SMILES string of the molecule is Cc1cc(Br)ccc1C(=O)Nc1cc(Cl)ncn1. The molecule has 0 radical (unpaired) electrons. The highest BCUT2D eigenvalue weighted by Gasteiger charge is 2.10. The average molecular weight is 327 g/mol. The summed E-state index contributed by atoms with van der Waals surface area (Å²) in [6.07, 6.45) is 1.30. The number of benzene rings is 1. The van der Waals surface area contributed by atoms with Gasteiger partial charge in [-0.05, 0) is 30.7 Å². The number of aromatic nitrogens is 2. The molecule has 0 saturated carbocycles. The summed E-state index contributed by atoms with van der Waals surface area (Å²) < 4.78 is 0.932. The van der Waals surface area contributed by atoms with Crippen molar-refractivity contribution < 1.29 is 4.79 Å². The predicted octanol–water partition coefficient (Wildman–Crippen LogP) is 3.45. The maximum Gasteiger partial charge on any atom is 0.257 e. The minimum Gasteiger partial charge on any atom is -0.306 e. The second kappa shape index (κ2) is 5.46. The van der Waals surface area contributed by atoms with E-state index in [4.69, 9.17) is 11.6 Å². The summed E-state index contributed by atoms with van der Waals surface area (Å²) in [7, 11) is 0. The number of anilines is 1. The molecule has 18 heavy (non-hydrogen) atoms. The quantitative estimate of drug-likeness (QED) is 0.860. The number of nitrogens with one attached hydrogen (secondary N) is 1. The molecular formula is C12H9BrClN3O. The van der Waals surface area contributed by atoms with Gasteiger partial charge in [0.25, 0.3) is 5.91 Å². The molecule has 0 fully saturated rings. The van der Waals surface area contributed by atoms with Crippen molar-refractivity contribution in [1.29, 1.82) is 0 Å². The lowest BCUT2D eigenvalue weighted by molar-refractivity contribution is 0.102. The van der Waals surface area contributed by atoms with Crippen molar-refractivity contribution in [3.05, 3.63) is 51.3 Å². The molecule has 1 aromatic heterocycles. The Bertz CT molecular complexity index is 604. The first-order chi connectivity index (χ1) is 8.56. The van der Waals surface area contributed by atoms with E-state index in [0.717, 1.165) is 10.0 Å². The number of hydrogen-bond donors (Lipinski definition) is 1. The number of amides is 1. The van der Waals surface area contributed by atoms with E-state index >= 15 is 0 Å². The Morgan fingerprint density at radius 1 is 1.33 bits per heavy atom. The fourth-order valence-electron chi connectivity index (χ4n) is 1.47. The zero-order chi connectivity index (χ0) is 13.1. The molecule has 1 N–H and O–H groups in total. The molecule has 2 rings (SSSR count). The first-order valence-electron chi connectivity index (χ1n) is 5.11. The molecule has 1 heterocycles. The highest BCUT2D eigenvalue weighted by atomic mass is 79.9. The topological polar surface area (TPSA) is 54.9 Å². The van der Waals surface area contributed by atoms with E-state index in [-0.39, 0.29) is 11.1 Å². The predicted molar refractivity (Wildman–Crippen MR) is 73.9 cm³/mol.